The Balaban J connectivity index is 1.13. The summed E-state index contributed by atoms with van der Waals surface area (Å²) in [7, 11) is 0. The van der Waals surface area contributed by atoms with Gasteiger partial charge in [0.25, 0.3) is 0 Å². The largest absolute Gasteiger partial charge is 0.456 e. The standard InChI is InChI=1S/C55H33N3O/c1-2-14-34(15-3-1)35-26-28-37(29-27-35)51-41-20-8-12-24-47(41)56-54(57-51)58-48-33-32-46-53(50(48)42-31-30-36-16-4-5-17-38(36)52(42)58)59-49-25-13-11-23-45(49)55(46)43-21-9-6-18-39(43)40-19-7-10-22-44(40)55/h1-33H. The molecule has 0 N–H and O–H groups in total. The molecule has 0 saturated carbocycles. The monoisotopic (exact) mass is 751 g/mol. The van der Waals surface area contributed by atoms with Crippen molar-refractivity contribution < 1.29 is 4.74 Å². The molecule has 0 amide bonds. The number of hydrogen-bond donors (Lipinski definition) is 0. The lowest BCUT2D eigenvalue weighted by atomic mass is 9.66. The van der Waals surface area contributed by atoms with E-state index in [1.54, 1.807) is 0 Å². The molecule has 0 fully saturated rings. The van der Waals surface area contributed by atoms with E-state index < -0.39 is 5.41 Å². The van der Waals surface area contributed by atoms with Gasteiger partial charge in [0.05, 0.1) is 33.0 Å². The van der Waals surface area contributed by atoms with E-state index in [-0.39, 0.29) is 0 Å². The van der Waals surface area contributed by atoms with Crippen LogP contribution in [-0.2, 0) is 5.41 Å². The van der Waals surface area contributed by atoms with Gasteiger partial charge in [-0.1, -0.05) is 182 Å². The molecule has 0 bridgehead atoms. The maximum Gasteiger partial charge on any atom is 0.235 e. The van der Waals surface area contributed by atoms with Crippen molar-refractivity contribution in [2.24, 2.45) is 0 Å². The Morgan fingerprint density at radius 2 is 1.05 bits per heavy atom. The van der Waals surface area contributed by atoms with E-state index in [1.165, 1.54) is 33.4 Å². The zero-order chi connectivity index (χ0) is 38.7. The van der Waals surface area contributed by atoms with Crippen LogP contribution >= 0.6 is 0 Å². The second-order valence-corrected chi connectivity index (χ2v) is 15.6. The molecule has 1 spiro atoms. The number of aromatic nitrogens is 3. The topological polar surface area (TPSA) is 39.9 Å². The Kier molecular flexibility index (Phi) is 6.62. The average Bonchev–Trinajstić information content (AvgIpc) is 3.81. The van der Waals surface area contributed by atoms with Crippen LogP contribution in [0.3, 0.4) is 0 Å². The van der Waals surface area contributed by atoms with Gasteiger partial charge in [0.1, 0.15) is 11.5 Å². The number of rotatable bonds is 3. The van der Waals surface area contributed by atoms with Crippen LogP contribution in [0, 0.1) is 0 Å². The van der Waals surface area contributed by atoms with Crippen molar-refractivity contribution in [3.63, 3.8) is 0 Å². The van der Waals surface area contributed by atoms with Crippen LogP contribution in [-0.4, -0.2) is 14.5 Å². The van der Waals surface area contributed by atoms with Gasteiger partial charge in [-0.15, -0.1) is 0 Å². The van der Waals surface area contributed by atoms with Crippen LogP contribution in [0.5, 0.6) is 11.5 Å². The lowest BCUT2D eigenvalue weighted by Crippen LogP contribution is -2.32. The average molecular weight is 752 g/mol. The molecule has 0 saturated heterocycles. The molecule has 1 aliphatic heterocycles. The molecule has 0 atom stereocenters. The minimum absolute atomic E-state index is 0.574. The summed E-state index contributed by atoms with van der Waals surface area (Å²) < 4.78 is 9.51. The molecule has 13 rings (SSSR count). The van der Waals surface area contributed by atoms with E-state index in [0.29, 0.717) is 5.95 Å². The smallest absolute Gasteiger partial charge is 0.235 e. The van der Waals surface area contributed by atoms with E-state index >= 15 is 0 Å². The van der Waals surface area contributed by atoms with E-state index in [2.05, 4.69) is 205 Å². The Morgan fingerprint density at radius 3 is 1.85 bits per heavy atom. The van der Waals surface area contributed by atoms with Crippen molar-refractivity contribution in [3.8, 4) is 51.0 Å². The number of fused-ring (bicyclic) bond motifs is 16. The first kappa shape index (κ1) is 32.3. The summed E-state index contributed by atoms with van der Waals surface area (Å²) in [6.07, 6.45) is 0. The summed E-state index contributed by atoms with van der Waals surface area (Å²) in [6, 6.07) is 71.6. The van der Waals surface area contributed by atoms with Crippen molar-refractivity contribution in [2.75, 3.05) is 0 Å². The summed E-state index contributed by atoms with van der Waals surface area (Å²) in [5.74, 6) is 2.35. The highest BCUT2D eigenvalue weighted by atomic mass is 16.5. The minimum atomic E-state index is -0.574. The van der Waals surface area contributed by atoms with Crippen LogP contribution < -0.4 is 4.74 Å². The van der Waals surface area contributed by atoms with Gasteiger partial charge < -0.3 is 4.74 Å². The maximum atomic E-state index is 7.23. The third-order valence-corrected chi connectivity index (χ3v) is 12.7. The fraction of sp³-hybridized carbons (Fsp3) is 0.0182. The number of para-hydroxylation sites is 2. The molecular weight excluding hydrogens is 719 g/mol. The van der Waals surface area contributed by atoms with Crippen LogP contribution in [0.4, 0.5) is 0 Å². The first-order valence-electron chi connectivity index (χ1n) is 20.2. The quantitative estimate of drug-likeness (QED) is 0.180. The van der Waals surface area contributed by atoms with Crippen molar-refractivity contribution in [2.45, 2.75) is 5.41 Å². The number of ether oxygens (including phenoxy) is 1. The van der Waals surface area contributed by atoms with E-state index in [1.807, 2.05) is 0 Å². The summed E-state index contributed by atoms with van der Waals surface area (Å²) in [6.45, 7) is 0. The fourth-order valence-electron chi connectivity index (χ4n) is 10.2. The Labute approximate surface area is 340 Å². The molecule has 4 nitrogen and oxygen atoms in total. The summed E-state index contributed by atoms with van der Waals surface area (Å²) in [5.41, 5.74) is 14.0. The first-order valence-corrected chi connectivity index (χ1v) is 20.2. The maximum absolute atomic E-state index is 7.23. The van der Waals surface area contributed by atoms with Gasteiger partial charge in [-0.2, -0.15) is 0 Å². The van der Waals surface area contributed by atoms with Gasteiger partial charge in [0, 0.05) is 32.8 Å². The van der Waals surface area contributed by atoms with Gasteiger partial charge in [0.15, 0.2) is 0 Å². The summed E-state index contributed by atoms with van der Waals surface area (Å²) in [4.78, 5) is 10.9. The molecule has 274 valence electrons. The Bertz CT molecular complexity index is 3480. The normalized spacial score (nSPS) is 13.4. The molecule has 3 heterocycles. The lowest BCUT2D eigenvalue weighted by Gasteiger charge is -2.39. The fourth-order valence-corrected chi connectivity index (χ4v) is 10.2. The molecule has 0 radical (unpaired) electrons. The van der Waals surface area contributed by atoms with Gasteiger partial charge in [-0.05, 0) is 57.0 Å². The van der Waals surface area contributed by atoms with Crippen LogP contribution in [0.2, 0.25) is 0 Å². The zero-order valence-electron chi connectivity index (χ0n) is 31.8. The summed E-state index contributed by atoms with van der Waals surface area (Å²) >= 11 is 0. The van der Waals surface area contributed by atoms with Crippen LogP contribution in [0.15, 0.2) is 200 Å². The number of nitrogens with zero attached hydrogens (tertiary/aromatic N) is 3. The molecule has 4 heteroatoms. The first-order chi connectivity index (χ1) is 29.3. The zero-order valence-corrected chi connectivity index (χ0v) is 31.8. The van der Waals surface area contributed by atoms with Gasteiger partial charge in [0.2, 0.25) is 5.95 Å². The van der Waals surface area contributed by atoms with E-state index in [9.17, 15) is 0 Å². The van der Waals surface area contributed by atoms with E-state index in [4.69, 9.17) is 14.7 Å². The molecular formula is C55H33N3O. The predicted molar refractivity (Wildman–Crippen MR) is 240 cm³/mol. The number of benzene rings is 9. The van der Waals surface area contributed by atoms with Crippen LogP contribution in [0.1, 0.15) is 22.3 Å². The third-order valence-electron chi connectivity index (χ3n) is 12.7. The molecule has 11 aromatic rings. The molecule has 9 aromatic carbocycles. The lowest BCUT2D eigenvalue weighted by molar-refractivity contribution is 0.442. The van der Waals surface area contributed by atoms with Crippen molar-refractivity contribution in [3.05, 3.63) is 222 Å². The Hall–Kier alpha value is -7.82. The highest BCUT2D eigenvalue weighted by Crippen LogP contribution is 2.63. The molecule has 59 heavy (non-hydrogen) atoms. The Morgan fingerprint density at radius 1 is 0.424 bits per heavy atom. The SMILES string of the molecule is c1ccc(-c2ccc(-c3nc(-n4c5ccc6c(c5c5ccc7ccccc7c54)Oc4ccccc4C64c5ccccc5-c5ccccc54)nc4ccccc34)cc2)cc1. The van der Waals surface area contributed by atoms with Gasteiger partial charge in [-0.3, -0.25) is 4.57 Å². The number of hydrogen-bond acceptors (Lipinski definition) is 3. The second kappa shape index (κ2) is 12.1. The highest BCUT2D eigenvalue weighted by Gasteiger charge is 2.51. The summed E-state index contributed by atoms with van der Waals surface area (Å²) in [5, 5.41) is 5.42. The molecule has 2 aliphatic rings. The van der Waals surface area contributed by atoms with Crippen LogP contribution in [0.25, 0.3) is 82.9 Å². The van der Waals surface area contributed by atoms with Crippen molar-refractivity contribution in [1.29, 1.82) is 0 Å². The minimum Gasteiger partial charge on any atom is -0.456 e. The third kappa shape index (κ3) is 4.37. The van der Waals surface area contributed by atoms with Gasteiger partial charge in [-0.25, -0.2) is 9.97 Å². The van der Waals surface area contributed by atoms with Crippen molar-refractivity contribution >= 4 is 43.5 Å². The predicted octanol–water partition coefficient (Wildman–Crippen LogP) is 13.7. The van der Waals surface area contributed by atoms with Crippen molar-refractivity contribution in [1.82, 2.24) is 14.5 Å². The van der Waals surface area contributed by atoms with Gasteiger partial charge >= 0.3 is 0 Å². The highest BCUT2D eigenvalue weighted by molar-refractivity contribution is 6.21. The molecule has 1 aliphatic carbocycles. The second-order valence-electron chi connectivity index (χ2n) is 15.6. The molecule has 0 unspecified atom stereocenters. The van der Waals surface area contributed by atoms with E-state index in [0.717, 1.165) is 77.4 Å². The molecule has 2 aromatic heterocycles.